The van der Waals surface area contributed by atoms with Crippen molar-refractivity contribution < 1.29 is 48.5 Å². The lowest BCUT2D eigenvalue weighted by Crippen LogP contribution is -2.10. The lowest BCUT2D eigenvalue weighted by atomic mass is 10.1. The summed E-state index contributed by atoms with van der Waals surface area (Å²) in [6.07, 6.45) is 5.67. The van der Waals surface area contributed by atoms with Gasteiger partial charge in [-0.15, -0.1) is 0 Å². The first-order valence-corrected chi connectivity index (χ1v) is 12.5. The van der Waals surface area contributed by atoms with E-state index in [1.54, 1.807) is 11.9 Å². The van der Waals surface area contributed by atoms with Crippen LogP contribution in [0.3, 0.4) is 0 Å². The zero-order valence-electron chi connectivity index (χ0n) is 21.8. The molecule has 0 heterocycles. The minimum atomic E-state index is -1.29. The molecule has 2 N–H and O–H groups in total. The number of rotatable bonds is 20. The van der Waals surface area contributed by atoms with Crippen LogP contribution in [0, 0.1) is 0 Å². The van der Waals surface area contributed by atoms with E-state index in [-0.39, 0.29) is 71.4 Å². The van der Waals surface area contributed by atoms with Gasteiger partial charge in [0, 0.05) is 12.8 Å². The molecule has 0 spiro atoms. The van der Waals surface area contributed by atoms with Crippen LogP contribution in [0.5, 0.6) is 11.5 Å². The van der Waals surface area contributed by atoms with E-state index in [4.69, 9.17) is 9.47 Å². The number of unbranched alkanes of at least 4 members (excludes halogenated alkanes) is 6. The number of carbonyl (C=O) groups is 4. The number of ketones is 2. The Hall–Kier alpha value is -4.00. The summed E-state index contributed by atoms with van der Waals surface area (Å²) in [6.45, 7) is 3.17. The van der Waals surface area contributed by atoms with Gasteiger partial charge in [-0.1, -0.05) is 25.7 Å². The number of carboxylic acids is 2. The highest BCUT2D eigenvalue weighted by Gasteiger charge is 2.21. The maximum atomic E-state index is 11.7. The van der Waals surface area contributed by atoms with Crippen LogP contribution >= 0.6 is 0 Å². The Balaban J connectivity index is 2.59. The lowest BCUT2D eigenvalue weighted by molar-refractivity contribution is -0.116. The molecule has 0 unspecified atom stereocenters. The third-order valence-corrected chi connectivity index (χ3v) is 5.80. The third-order valence-electron chi connectivity index (χ3n) is 5.80. The summed E-state index contributed by atoms with van der Waals surface area (Å²) in [5.74, 6) is -0.0343. The fourth-order valence-corrected chi connectivity index (χ4v) is 3.47. The molecule has 38 heavy (non-hydrogen) atoms. The smallest absolute Gasteiger partial charge is 0.339 e. The van der Waals surface area contributed by atoms with Crippen molar-refractivity contribution in [1.82, 2.24) is 0 Å². The average Bonchev–Trinajstić information content (AvgIpc) is 2.90. The van der Waals surface area contributed by atoms with E-state index in [9.17, 15) is 39.0 Å². The Morgan fingerprint density at radius 2 is 0.974 bits per heavy atom. The van der Waals surface area contributed by atoms with E-state index in [0.717, 1.165) is 12.1 Å². The number of hydrogen-bond acceptors (Lipinski definition) is 8. The molecule has 206 valence electrons. The summed E-state index contributed by atoms with van der Waals surface area (Å²) in [5.41, 5.74) is -0.291. The first-order chi connectivity index (χ1) is 18.1. The molecule has 0 saturated heterocycles. The topological polar surface area (TPSA) is 161 Å². The number of allylic oxidation sites excluding steroid dienone is 2. The summed E-state index contributed by atoms with van der Waals surface area (Å²) in [6, 6.07) is 2.28. The van der Waals surface area contributed by atoms with Crippen molar-refractivity contribution in [3.05, 3.63) is 34.4 Å². The average molecular weight is 531 g/mol. The molecule has 1 aromatic carbocycles. The van der Waals surface area contributed by atoms with E-state index >= 15 is 0 Å². The molecule has 0 aliphatic carbocycles. The monoisotopic (exact) mass is 530 g/mol. The number of Topliss-reactive ketones (excluding diaryl/α,β-unsaturated/α-hetero) is 2. The van der Waals surface area contributed by atoms with Gasteiger partial charge in [-0.05, 0) is 51.7 Å². The van der Waals surface area contributed by atoms with Crippen LogP contribution in [0.25, 0.3) is 0 Å². The maximum absolute atomic E-state index is 11.7. The normalized spacial score (nSPS) is 10.2. The zero-order valence-corrected chi connectivity index (χ0v) is 21.8. The number of ether oxygens (including phenoxy) is 2. The first kappa shape index (κ1) is 32.0. The molecule has 1 aromatic rings. The predicted octanol–water partition coefficient (Wildman–Crippen LogP) is 4.44. The Bertz CT molecular complexity index is 1020. The second-order valence-corrected chi connectivity index (χ2v) is 8.78. The van der Waals surface area contributed by atoms with Gasteiger partial charge in [0.15, 0.2) is 11.6 Å². The minimum absolute atomic E-state index is 0.0734. The summed E-state index contributed by atoms with van der Waals surface area (Å²) < 4.78 is 11.1. The predicted molar refractivity (Wildman–Crippen MR) is 137 cm³/mol. The molecule has 0 fully saturated rings. The molecule has 0 aliphatic rings. The summed E-state index contributed by atoms with van der Waals surface area (Å²) in [7, 11) is 0. The van der Waals surface area contributed by atoms with Crippen molar-refractivity contribution in [2.45, 2.75) is 78.1 Å². The van der Waals surface area contributed by atoms with Gasteiger partial charge in [0.2, 0.25) is 0 Å². The Morgan fingerprint density at radius 3 is 1.29 bits per heavy atom. The van der Waals surface area contributed by atoms with Gasteiger partial charge in [-0.2, -0.15) is 0 Å². The van der Waals surface area contributed by atoms with Crippen LogP contribution in [0.4, 0.5) is 0 Å². The highest BCUT2D eigenvalue weighted by molar-refractivity contribution is 6.02. The van der Waals surface area contributed by atoms with E-state index in [0.29, 0.717) is 51.4 Å². The molecular weight excluding hydrogens is 496 g/mol. The zero-order chi connectivity index (χ0) is 28.5. The van der Waals surface area contributed by atoms with Gasteiger partial charge < -0.3 is 19.7 Å². The van der Waals surface area contributed by atoms with Crippen LogP contribution < -0.4 is 9.47 Å². The number of benzene rings is 1. The Morgan fingerprint density at radius 1 is 0.632 bits per heavy atom. The maximum Gasteiger partial charge on any atom is 0.339 e. The lowest BCUT2D eigenvalue weighted by Gasteiger charge is -2.14. The van der Waals surface area contributed by atoms with Crippen LogP contribution in [-0.4, -0.2) is 58.8 Å². The van der Waals surface area contributed by atoms with Gasteiger partial charge in [-0.3, -0.25) is 9.59 Å². The second kappa shape index (κ2) is 17.5. The molecule has 0 aliphatic heterocycles. The molecule has 10 nitrogen and oxygen atoms in total. The molecule has 1 rings (SSSR count). The molecule has 0 bridgehead atoms. The van der Waals surface area contributed by atoms with Crippen molar-refractivity contribution in [2.24, 2.45) is 0 Å². The fraction of sp³-hybridized carbons (Fsp3) is 0.500. The number of hydrogen-bond donors (Lipinski definition) is 2. The standard InChI is InChI=1S/C28H34O10/c1-19(17-29)23(31)11-7-3-5-9-13-37-25-15-22(28(35)36)26(16-21(25)27(33)34)38-14-10-6-4-8-12-24(32)20(2)18-30/h15-16H,3-14H2,1-2H3,(H,33,34)(H,35,36). The van der Waals surface area contributed by atoms with E-state index in [1.807, 2.05) is 0 Å². The van der Waals surface area contributed by atoms with Gasteiger partial charge >= 0.3 is 11.9 Å². The highest BCUT2D eigenvalue weighted by atomic mass is 16.5. The Labute approximate surface area is 221 Å². The van der Waals surface area contributed by atoms with Gasteiger partial charge in [0.25, 0.3) is 0 Å². The first-order valence-electron chi connectivity index (χ1n) is 12.5. The van der Waals surface area contributed by atoms with Crippen molar-refractivity contribution in [1.29, 1.82) is 0 Å². The van der Waals surface area contributed by atoms with Crippen molar-refractivity contribution >= 4 is 35.4 Å². The minimum Gasteiger partial charge on any atom is -0.493 e. The summed E-state index contributed by atoms with van der Waals surface area (Å²) in [5, 5.41) is 19.2. The van der Waals surface area contributed by atoms with E-state index < -0.39 is 11.9 Å². The largest absolute Gasteiger partial charge is 0.493 e. The fourth-order valence-electron chi connectivity index (χ4n) is 3.47. The number of aromatic carboxylic acids is 2. The molecule has 0 radical (unpaired) electrons. The van der Waals surface area contributed by atoms with Crippen LogP contribution in [-0.2, 0) is 19.2 Å². The molecular formula is C28H34O10. The second-order valence-electron chi connectivity index (χ2n) is 8.78. The summed E-state index contributed by atoms with van der Waals surface area (Å²) >= 11 is 0. The molecule has 0 saturated carbocycles. The van der Waals surface area contributed by atoms with Crippen molar-refractivity contribution in [2.75, 3.05) is 13.2 Å². The third kappa shape index (κ3) is 11.4. The number of carboxylic acid groups (broad SMARTS) is 2. The van der Waals surface area contributed by atoms with Gasteiger partial charge in [0.1, 0.15) is 34.5 Å². The Kier molecular flexibility index (Phi) is 14.7. The number of carbonyl (C=O) groups excluding carboxylic acids is 4. The van der Waals surface area contributed by atoms with Crippen molar-refractivity contribution in [3.8, 4) is 11.5 Å². The molecule has 10 heteroatoms. The van der Waals surface area contributed by atoms with Crippen LogP contribution in [0.1, 0.15) is 98.8 Å². The highest BCUT2D eigenvalue weighted by Crippen LogP contribution is 2.30. The van der Waals surface area contributed by atoms with Crippen LogP contribution in [0.15, 0.2) is 23.3 Å². The van der Waals surface area contributed by atoms with Crippen molar-refractivity contribution in [3.63, 3.8) is 0 Å². The molecule has 0 amide bonds. The molecule has 0 aromatic heterocycles. The summed E-state index contributed by atoms with van der Waals surface area (Å²) in [4.78, 5) is 67.6. The molecule has 0 atom stereocenters. The van der Waals surface area contributed by atoms with Crippen LogP contribution in [0.2, 0.25) is 0 Å². The van der Waals surface area contributed by atoms with E-state index in [2.05, 4.69) is 0 Å². The van der Waals surface area contributed by atoms with E-state index in [1.165, 1.54) is 13.8 Å². The van der Waals surface area contributed by atoms with Gasteiger partial charge in [-0.25, -0.2) is 19.2 Å². The van der Waals surface area contributed by atoms with Gasteiger partial charge in [0.05, 0.1) is 24.4 Å². The quantitative estimate of drug-likeness (QED) is 0.140. The SMILES string of the molecule is CC(=C=O)C(=O)CCCCCCOc1cc(C(=O)O)c(OCCCCCCC(=O)C(C)=C=O)cc1C(=O)O.